The van der Waals surface area contributed by atoms with Crippen LogP contribution in [0.1, 0.15) is 60.3 Å². The monoisotopic (exact) mass is 327 g/mol. The molecule has 1 aliphatic rings. The molecule has 1 fully saturated rings. The summed E-state index contributed by atoms with van der Waals surface area (Å²) in [5.41, 5.74) is -0.476. The van der Waals surface area contributed by atoms with Crippen LogP contribution >= 0.6 is 0 Å². The van der Waals surface area contributed by atoms with Gasteiger partial charge in [0.1, 0.15) is 5.60 Å². The molecule has 1 rings (SSSR count). The lowest BCUT2D eigenvalue weighted by Crippen LogP contribution is -2.52. The standard InChI is InChI=1S/C17H33N3O3/c1-6-7-10-18-15(21)13(2)20-11-8-14(9-12-20)19-16(22)23-17(3,4)5/h13-14H,6-12H2,1-5H3,(H,18,21)(H,19,22). The molecule has 0 saturated carbocycles. The molecular formula is C17H33N3O3. The smallest absolute Gasteiger partial charge is 0.407 e. The number of ether oxygens (including phenoxy) is 1. The number of carbonyl (C=O) groups is 2. The maximum atomic E-state index is 12.1. The molecule has 0 bridgehead atoms. The first-order valence-corrected chi connectivity index (χ1v) is 8.74. The molecule has 134 valence electrons. The van der Waals surface area contributed by atoms with Gasteiger partial charge in [-0.3, -0.25) is 9.69 Å². The van der Waals surface area contributed by atoms with Gasteiger partial charge in [-0.1, -0.05) is 13.3 Å². The van der Waals surface area contributed by atoms with Crippen molar-refractivity contribution < 1.29 is 14.3 Å². The van der Waals surface area contributed by atoms with Crippen LogP contribution in [0.2, 0.25) is 0 Å². The quantitative estimate of drug-likeness (QED) is 0.734. The number of carbonyl (C=O) groups excluding carboxylic acids is 2. The maximum Gasteiger partial charge on any atom is 0.407 e. The fourth-order valence-corrected chi connectivity index (χ4v) is 2.61. The molecule has 2 N–H and O–H groups in total. The molecule has 2 amide bonds. The van der Waals surface area contributed by atoms with Crippen molar-refractivity contribution in [3.8, 4) is 0 Å². The third-order valence-electron chi connectivity index (χ3n) is 4.01. The minimum absolute atomic E-state index is 0.0944. The van der Waals surface area contributed by atoms with Gasteiger partial charge < -0.3 is 15.4 Å². The number of hydrogen-bond acceptors (Lipinski definition) is 4. The molecular weight excluding hydrogens is 294 g/mol. The van der Waals surface area contributed by atoms with Crippen LogP contribution in [0, 0.1) is 0 Å². The van der Waals surface area contributed by atoms with E-state index in [1.54, 1.807) is 0 Å². The van der Waals surface area contributed by atoms with E-state index >= 15 is 0 Å². The zero-order chi connectivity index (χ0) is 17.5. The summed E-state index contributed by atoms with van der Waals surface area (Å²) in [6, 6.07) is 0.00536. The lowest BCUT2D eigenvalue weighted by Gasteiger charge is -2.35. The molecule has 0 aromatic heterocycles. The Morgan fingerprint density at radius 1 is 1.26 bits per heavy atom. The average molecular weight is 327 g/mol. The fraction of sp³-hybridized carbons (Fsp3) is 0.882. The van der Waals surface area contributed by atoms with Crippen molar-refractivity contribution in [2.45, 2.75) is 78.0 Å². The van der Waals surface area contributed by atoms with E-state index in [1.165, 1.54) is 0 Å². The molecule has 6 heteroatoms. The Hall–Kier alpha value is -1.30. The van der Waals surface area contributed by atoms with E-state index in [2.05, 4.69) is 22.5 Å². The zero-order valence-electron chi connectivity index (χ0n) is 15.3. The van der Waals surface area contributed by atoms with Crippen molar-refractivity contribution in [1.29, 1.82) is 0 Å². The summed E-state index contributed by atoms with van der Waals surface area (Å²) in [4.78, 5) is 26.1. The lowest BCUT2D eigenvalue weighted by molar-refractivity contribution is -0.126. The van der Waals surface area contributed by atoms with Crippen LogP contribution in [0.4, 0.5) is 4.79 Å². The molecule has 1 aliphatic heterocycles. The van der Waals surface area contributed by atoms with E-state index in [4.69, 9.17) is 4.74 Å². The molecule has 1 atom stereocenters. The van der Waals surface area contributed by atoms with Crippen LogP contribution in [0.3, 0.4) is 0 Å². The molecule has 0 aliphatic carbocycles. The summed E-state index contributed by atoms with van der Waals surface area (Å²) < 4.78 is 5.28. The van der Waals surface area contributed by atoms with Crippen molar-refractivity contribution in [1.82, 2.24) is 15.5 Å². The number of nitrogens with zero attached hydrogens (tertiary/aromatic N) is 1. The summed E-state index contributed by atoms with van der Waals surface area (Å²) in [7, 11) is 0. The van der Waals surface area contributed by atoms with Crippen LogP contribution in [-0.4, -0.2) is 54.2 Å². The first-order chi connectivity index (χ1) is 10.7. The Kier molecular flexibility index (Phi) is 7.82. The maximum absolute atomic E-state index is 12.1. The molecule has 0 aromatic rings. The summed E-state index contributed by atoms with van der Waals surface area (Å²) in [5, 5.41) is 5.90. The Morgan fingerprint density at radius 2 is 1.87 bits per heavy atom. The van der Waals surface area contributed by atoms with E-state index in [1.807, 2.05) is 27.7 Å². The lowest BCUT2D eigenvalue weighted by atomic mass is 10.0. The van der Waals surface area contributed by atoms with Crippen molar-refractivity contribution in [2.24, 2.45) is 0 Å². The van der Waals surface area contributed by atoms with Gasteiger partial charge in [-0.15, -0.1) is 0 Å². The molecule has 0 aromatic carbocycles. The van der Waals surface area contributed by atoms with Crippen molar-refractivity contribution >= 4 is 12.0 Å². The second kappa shape index (κ2) is 9.11. The highest BCUT2D eigenvalue weighted by atomic mass is 16.6. The van der Waals surface area contributed by atoms with E-state index in [0.717, 1.165) is 45.3 Å². The third-order valence-corrected chi connectivity index (χ3v) is 4.01. The SMILES string of the molecule is CCCCNC(=O)C(C)N1CCC(NC(=O)OC(C)(C)C)CC1. The molecule has 0 radical (unpaired) electrons. The molecule has 23 heavy (non-hydrogen) atoms. The molecule has 1 heterocycles. The second-order valence-corrected chi connectivity index (χ2v) is 7.28. The normalized spacial score (nSPS) is 18.3. The summed E-state index contributed by atoms with van der Waals surface area (Å²) in [6.07, 6.45) is 3.41. The first-order valence-electron chi connectivity index (χ1n) is 8.74. The van der Waals surface area contributed by atoms with E-state index in [-0.39, 0.29) is 24.1 Å². The van der Waals surface area contributed by atoms with Gasteiger partial charge >= 0.3 is 6.09 Å². The van der Waals surface area contributed by atoms with Crippen molar-refractivity contribution in [3.05, 3.63) is 0 Å². The van der Waals surface area contributed by atoms with Crippen LogP contribution in [0.5, 0.6) is 0 Å². The van der Waals surface area contributed by atoms with Crippen molar-refractivity contribution in [2.75, 3.05) is 19.6 Å². The van der Waals surface area contributed by atoms with Gasteiger partial charge in [0.05, 0.1) is 6.04 Å². The van der Waals surface area contributed by atoms with Gasteiger partial charge in [0.25, 0.3) is 0 Å². The molecule has 1 saturated heterocycles. The van der Waals surface area contributed by atoms with Crippen LogP contribution in [0.25, 0.3) is 0 Å². The number of alkyl carbamates (subject to hydrolysis) is 1. The van der Waals surface area contributed by atoms with Gasteiger partial charge in [0.2, 0.25) is 5.91 Å². The number of nitrogens with one attached hydrogen (secondary N) is 2. The average Bonchev–Trinajstić information content (AvgIpc) is 2.45. The number of unbranched alkanes of at least 4 members (excludes halogenated alkanes) is 1. The summed E-state index contributed by atoms with van der Waals surface area (Å²) in [5.74, 6) is 0.0944. The van der Waals surface area contributed by atoms with Gasteiger partial charge in [-0.25, -0.2) is 4.79 Å². The predicted molar refractivity (Wildman–Crippen MR) is 91.3 cm³/mol. The number of rotatable bonds is 6. The minimum atomic E-state index is -0.476. The van der Waals surface area contributed by atoms with Crippen LogP contribution in [0.15, 0.2) is 0 Å². The highest BCUT2D eigenvalue weighted by Crippen LogP contribution is 2.14. The fourth-order valence-electron chi connectivity index (χ4n) is 2.61. The van der Waals surface area contributed by atoms with Crippen LogP contribution < -0.4 is 10.6 Å². The predicted octanol–water partition coefficient (Wildman–Crippen LogP) is 2.28. The Bertz CT molecular complexity index is 385. The Labute approximate surface area is 140 Å². The summed E-state index contributed by atoms with van der Waals surface area (Å²) in [6.45, 7) is 12.0. The second-order valence-electron chi connectivity index (χ2n) is 7.28. The Balaban J connectivity index is 2.31. The minimum Gasteiger partial charge on any atom is -0.444 e. The topological polar surface area (TPSA) is 70.7 Å². The highest BCUT2D eigenvalue weighted by molar-refractivity contribution is 5.81. The Morgan fingerprint density at radius 3 is 2.39 bits per heavy atom. The number of likely N-dealkylation sites (tertiary alicyclic amines) is 1. The first kappa shape index (κ1) is 19.7. The number of amides is 2. The van der Waals surface area contributed by atoms with Gasteiger partial charge in [-0.05, 0) is 47.0 Å². The molecule has 1 unspecified atom stereocenters. The number of hydrogen-bond donors (Lipinski definition) is 2. The largest absolute Gasteiger partial charge is 0.444 e. The van der Waals surface area contributed by atoms with Crippen molar-refractivity contribution in [3.63, 3.8) is 0 Å². The third kappa shape index (κ3) is 7.68. The van der Waals surface area contributed by atoms with Gasteiger partial charge in [0.15, 0.2) is 0 Å². The molecule has 0 spiro atoms. The zero-order valence-corrected chi connectivity index (χ0v) is 15.3. The van der Waals surface area contributed by atoms with Crippen LogP contribution in [-0.2, 0) is 9.53 Å². The van der Waals surface area contributed by atoms with Gasteiger partial charge in [0, 0.05) is 25.7 Å². The highest BCUT2D eigenvalue weighted by Gasteiger charge is 2.28. The number of piperidine rings is 1. The van der Waals surface area contributed by atoms with Gasteiger partial charge in [-0.2, -0.15) is 0 Å². The van der Waals surface area contributed by atoms with E-state index < -0.39 is 5.60 Å². The van der Waals surface area contributed by atoms with E-state index in [0.29, 0.717) is 0 Å². The molecule has 6 nitrogen and oxygen atoms in total. The van der Waals surface area contributed by atoms with E-state index in [9.17, 15) is 9.59 Å². The summed E-state index contributed by atoms with van der Waals surface area (Å²) >= 11 is 0.